The fourth-order valence-corrected chi connectivity index (χ4v) is 1.67. The summed E-state index contributed by atoms with van der Waals surface area (Å²) in [6.07, 6.45) is 1.64. The molecule has 1 aromatic rings. The van der Waals surface area contributed by atoms with E-state index >= 15 is 0 Å². The van der Waals surface area contributed by atoms with Gasteiger partial charge in [-0.2, -0.15) is 0 Å². The molecule has 1 amide bonds. The number of carbonyl (C=O) groups is 1. The van der Waals surface area contributed by atoms with Gasteiger partial charge in [0.15, 0.2) is 0 Å². The Morgan fingerprint density at radius 3 is 2.92 bits per heavy atom. The first kappa shape index (κ1) is 10.3. The molecule has 2 nitrogen and oxygen atoms in total. The van der Waals surface area contributed by atoms with Gasteiger partial charge in [-0.05, 0) is 24.1 Å². The van der Waals surface area contributed by atoms with Gasteiger partial charge >= 0.3 is 0 Å². The van der Waals surface area contributed by atoms with Gasteiger partial charge in [0, 0.05) is 4.47 Å². The Morgan fingerprint density at radius 2 is 2.38 bits per heavy atom. The number of hydrogen-bond acceptors (Lipinski definition) is 1. The highest BCUT2D eigenvalue weighted by atomic mass is 79.9. The number of halogens is 1. The molecule has 70 valence electrons. The predicted molar refractivity (Wildman–Crippen MR) is 56.4 cm³/mol. The van der Waals surface area contributed by atoms with Gasteiger partial charge in [-0.25, -0.2) is 0 Å². The van der Waals surface area contributed by atoms with Crippen molar-refractivity contribution in [3.63, 3.8) is 0 Å². The zero-order chi connectivity index (χ0) is 9.68. The van der Waals surface area contributed by atoms with Crippen molar-refractivity contribution >= 4 is 22.3 Å². The quantitative estimate of drug-likeness (QED) is 0.808. The molecule has 1 atom stereocenters. The van der Waals surface area contributed by atoms with Crippen LogP contribution in [-0.2, 0) is 4.79 Å². The smallest absolute Gasteiger partial charge is 0.207 e. The molecule has 0 aliphatic rings. The molecule has 1 aromatic carbocycles. The van der Waals surface area contributed by atoms with Crippen molar-refractivity contribution in [3.8, 4) is 0 Å². The van der Waals surface area contributed by atoms with Gasteiger partial charge in [0.05, 0.1) is 6.04 Å². The van der Waals surface area contributed by atoms with E-state index in [9.17, 15) is 4.79 Å². The Morgan fingerprint density at radius 1 is 1.62 bits per heavy atom. The monoisotopic (exact) mass is 241 g/mol. The predicted octanol–water partition coefficient (Wildman–Crippen LogP) is 2.65. The lowest BCUT2D eigenvalue weighted by Crippen LogP contribution is -2.18. The molecule has 1 rings (SSSR count). The van der Waals surface area contributed by atoms with Crippen molar-refractivity contribution in [2.45, 2.75) is 19.4 Å². The van der Waals surface area contributed by atoms with E-state index < -0.39 is 0 Å². The molecule has 0 unspecified atom stereocenters. The molecule has 13 heavy (non-hydrogen) atoms. The fraction of sp³-hybridized carbons (Fsp3) is 0.300. The molecule has 0 bridgehead atoms. The number of benzene rings is 1. The summed E-state index contributed by atoms with van der Waals surface area (Å²) in [6.45, 7) is 2.04. The Bertz CT molecular complexity index is 288. The van der Waals surface area contributed by atoms with Crippen LogP contribution in [0.15, 0.2) is 28.7 Å². The van der Waals surface area contributed by atoms with E-state index in [1.165, 1.54) is 0 Å². The average Bonchev–Trinajstić information content (AvgIpc) is 2.14. The van der Waals surface area contributed by atoms with Crippen LogP contribution in [-0.4, -0.2) is 6.41 Å². The van der Waals surface area contributed by atoms with Crippen molar-refractivity contribution in [2.75, 3.05) is 0 Å². The minimum atomic E-state index is 0.120. The molecule has 0 radical (unpaired) electrons. The molecule has 0 saturated heterocycles. The standard InChI is InChI=1S/C10H12BrNO/c1-2-10(12-7-13)8-4-3-5-9(11)6-8/h3-7,10H,2H2,1H3,(H,12,13)/t10-/m1/s1. The molecule has 0 aromatic heterocycles. The highest BCUT2D eigenvalue weighted by Gasteiger charge is 2.06. The van der Waals surface area contributed by atoms with E-state index in [0.29, 0.717) is 0 Å². The van der Waals surface area contributed by atoms with Crippen LogP contribution in [0.2, 0.25) is 0 Å². The van der Waals surface area contributed by atoms with E-state index in [0.717, 1.165) is 22.9 Å². The lowest BCUT2D eigenvalue weighted by molar-refractivity contribution is -0.110. The highest BCUT2D eigenvalue weighted by molar-refractivity contribution is 9.10. The average molecular weight is 242 g/mol. The molecular formula is C10H12BrNO. The third-order valence-electron chi connectivity index (χ3n) is 1.93. The second-order valence-corrected chi connectivity index (χ2v) is 3.72. The number of rotatable bonds is 4. The van der Waals surface area contributed by atoms with E-state index in [1.54, 1.807) is 0 Å². The van der Waals surface area contributed by atoms with Gasteiger partial charge in [0.1, 0.15) is 0 Å². The van der Waals surface area contributed by atoms with Crippen LogP contribution in [0.5, 0.6) is 0 Å². The van der Waals surface area contributed by atoms with Crippen molar-refractivity contribution in [1.82, 2.24) is 5.32 Å². The zero-order valence-corrected chi connectivity index (χ0v) is 9.04. The van der Waals surface area contributed by atoms with E-state index in [2.05, 4.69) is 21.2 Å². The van der Waals surface area contributed by atoms with Gasteiger partial charge in [-0.3, -0.25) is 4.79 Å². The summed E-state index contributed by atoms with van der Waals surface area (Å²) in [7, 11) is 0. The minimum Gasteiger partial charge on any atom is -0.352 e. The lowest BCUT2D eigenvalue weighted by atomic mass is 10.1. The highest BCUT2D eigenvalue weighted by Crippen LogP contribution is 2.19. The molecule has 3 heteroatoms. The molecule has 0 aliphatic heterocycles. The van der Waals surface area contributed by atoms with E-state index in [-0.39, 0.29) is 6.04 Å². The second-order valence-electron chi connectivity index (χ2n) is 2.80. The number of amides is 1. The maximum Gasteiger partial charge on any atom is 0.207 e. The van der Waals surface area contributed by atoms with Crippen LogP contribution in [0, 0.1) is 0 Å². The van der Waals surface area contributed by atoms with E-state index in [4.69, 9.17) is 0 Å². The van der Waals surface area contributed by atoms with Crippen molar-refractivity contribution < 1.29 is 4.79 Å². The summed E-state index contributed by atoms with van der Waals surface area (Å²) in [4.78, 5) is 10.3. The Labute approximate surface area is 86.5 Å². The molecule has 0 heterocycles. The first-order valence-electron chi connectivity index (χ1n) is 4.23. The van der Waals surface area contributed by atoms with Crippen LogP contribution >= 0.6 is 15.9 Å². The van der Waals surface area contributed by atoms with Gasteiger partial charge < -0.3 is 5.32 Å². The van der Waals surface area contributed by atoms with Crippen LogP contribution in [0.25, 0.3) is 0 Å². The Hall–Kier alpha value is -0.830. The number of nitrogens with one attached hydrogen (secondary N) is 1. The first-order chi connectivity index (χ1) is 6.27. The Kier molecular flexibility index (Phi) is 3.96. The Balaban J connectivity index is 2.84. The summed E-state index contributed by atoms with van der Waals surface area (Å²) in [5.74, 6) is 0. The fourth-order valence-electron chi connectivity index (χ4n) is 1.26. The number of carbonyl (C=O) groups excluding carboxylic acids is 1. The molecule has 0 fully saturated rings. The van der Waals surface area contributed by atoms with Crippen LogP contribution < -0.4 is 5.32 Å². The summed E-state index contributed by atoms with van der Waals surface area (Å²) >= 11 is 3.39. The molecule has 1 N–H and O–H groups in total. The maximum absolute atomic E-state index is 10.3. The lowest BCUT2D eigenvalue weighted by Gasteiger charge is -2.13. The van der Waals surface area contributed by atoms with Crippen molar-refractivity contribution in [1.29, 1.82) is 0 Å². The summed E-state index contributed by atoms with van der Waals surface area (Å²) in [5.41, 5.74) is 1.13. The molecule has 0 saturated carbocycles. The molecule has 0 spiro atoms. The van der Waals surface area contributed by atoms with Gasteiger partial charge in [0.2, 0.25) is 6.41 Å². The molecule has 0 aliphatic carbocycles. The summed E-state index contributed by atoms with van der Waals surface area (Å²) in [5, 5.41) is 2.77. The van der Waals surface area contributed by atoms with Crippen LogP contribution in [0.1, 0.15) is 24.9 Å². The first-order valence-corrected chi connectivity index (χ1v) is 5.02. The van der Waals surface area contributed by atoms with Gasteiger partial charge in [-0.1, -0.05) is 35.0 Å². The number of hydrogen-bond donors (Lipinski definition) is 1. The molecular weight excluding hydrogens is 230 g/mol. The van der Waals surface area contributed by atoms with Crippen molar-refractivity contribution in [2.24, 2.45) is 0 Å². The zero-order valence-electron chi connectivity index (χ0n) is 7.46. The topological polar surface area (TPSA) is 29.1 Å². The summed E-state index contributed by atoms with van der Waals surface area (Å²) in [6, 6.07) is 8.08. The van der Waals surface area contributed by atoms with Crippen molar-refractivity contribution in [3.05, 3.63) is 34.3 Å². The van der Waals surface area contributed by atoms with Gasteiger partial charge in [0.25, 0.3) is 0 Å². The minimum absolute atomic E-state index is 0.120. The summed E-state index contributed by atoms with van der Waals surface area (Å²) < 4.78 is 1.04. The van der Waals surface area contributed by atoms with Crippen LogP contribution in [0.4, 0.5) is 0 Å². The third-order valence-corrected chi connectivity index (χ3v) is 2.42. The second kappa shape index (κ2) is 5.02. The largest absolute Gasteiger partial charge is 0.352 e. The van der Waals surface area contributed by atoms with Gasteiger partial charge in [-0.15, -0.1) is 0 Å². The third kappa shape index (κ3) is 2.84. The van der Waals surface area contributed by atoms with Crippen LogP contribution in [0.3, 0.4) is 0 Å². The normalized spacial score (nSPS) is 12.2. The van der Waals surface area contributed by atoms with E-state index in [1.807, 2.05) is 31.2 Å². The maximum atomic E-state index is 10.3. The SMILES string of the molecule is CC[C@@H](NC=O)c1cccc(Br)c1.